The van der Waals surface area contributed by atoms with Gasteiger partial charge in [-0.2, -0.15) is 0 Å². The van der Waals surface area contributed by atoms with Crippen molar-refractivity contribution in [1.29, 1.82) is 0 Å². The van der Waals surface area contributed by atoms with E-state index in [0.29, 0.717) is 13.0 Å². The SMILES string of the molecule is CC(C(O)c1ccccc1)N(C)CC1CC(c2ccc(CO)cc2)OC(c2ccc(-c3ccccc3CNC(=O)CCC(=O)O)cc2)O1. The second kappa shape index (κ2) is 16.6. The van der Waals surface area contributed by atoms with Gasteiger partial charge in [0.2, 0.25) is 5.91 Å². The quantitative estimate of drug-likeness (QED) is 0.132. The first-order valence-corrected chi connectivity index (χ1v) is 16.3. The zero-order valence-corrected chi connectivity index (χ0v) is 27.4. The van der Waals surface area contributed by atoms with Crippen molar-refractivity contribution in [3.63, 3.8) is 0 Å². The third-order valence-electron chi connectivity index (χ3n) is 8.95. The molecule has 0 spiro atoms. The lowest BCUT2D eigenvalue weighted by Gasteiger charge is -2.39. The van der Waals surface area contributed by atoms with Gasteiger partial charge in [-0.3, -0.25) is 14.5 Å². The summed E-state index contributed by atoms with van der Waals surface area (Å²) >= 11 is 0. The number of aliphatic hydroxyl groups is 2. The zero-order chi connectivity index (χ0) is 34.0. The third kappa shape index (κ3) is 9.15. The fraction of sp³-hybridized carbons (Fsp3) is 0.333. The molecular formula is C39H44N2O7. The Morgan fingerprint density at radius 2 is 1.54 bits per heavy atom. The molecule has 4 aromatic carbocycles. The minimum Gasteiger partial charge on any atom is -0.481 e. The Balaban J connectivity index is 1.32. The molecule has 1 aliphatic heterocycles. The highest BCUT2D eigenvalue weighted by Crippen LogP contribution is 2.39. The maximum atomic E-state index is 12.1. The molecule has 0 saturated carbocycles. The fourth-order valence-electron chi connectivity index (χ4n) is 5.97. The summed E-state index contributed by atoms with van der Waals surface area (Å²) in [7, 11) is 2.00. The van der Waals surface area contributed by atoms with E-state index in [1.165, 1.54) is 0 Å². The fourth-order valence-corrected chi connectivity index (χ4v) is 5.97. The number of carboxylic acids is 1. The summed E-state index contributed by atoms with van der Waals surface area (Å²) in [4.78, 5) is 25.1. The molecule has 1 aliphatic rings. The van der Waals surface area contributed by atoms with Crippen LogP contribution in [-0.2, 0) is 32.2 Å². The van der Waals surface area contributed by atoms with E-state index in [1.54, 1.807) is 0 Å². The monoisotopic (exact) mass is 652 g/mol. The van der Waals surface area contributed by atoms with Crippen LogP contribution in [0.15, 0.2) is 103 Å². The molecule has 0 radical (unpaired) electrons. The van der Waals surface area contributed by atoms with Crippen LogP contribution in [0, 0.1) is 0 Å². The van der Waals surface area contributed by atoms with E-state index in [9.17, 15) is 19.8 Å². The van der Waals surface area contributed by atoms with Gasteiger partial charge in [0.1, 0.15) is 0 Å². The third-order valence-corrected chi connectivity index (χ3v) is 8.95. The number of carbonyl (C=O) groups is 2. The number of carbonyl (C=O) groups excluding carboxylic acids is 1. The number of amides is 1. The van der Waals surface area contributed by atoms with E-state index in [1.807, 2.05) is 117 Å². The van der Waals surface area contributed by atoms with Gasteiger partial charge in [-0.05, 0) is 47.4 Å². The Kier molecular flexibility index (Phi) is 12.1. The van der Waals surface area contributed by atoms with Gasteiger partial charge in [-0.15, -0.1) is 0 Å². The lowest BCUT2D eigenvalue weighted by atomic mass is 9.97. The highest BCUT2D eigenvalue weighted by Gasteiger charge is 2.34. The molecule has 1 saturated heterocycles. The van der Waals surface area contributed by atoms with E-state index >= 15 is 0 Å². The summed E-state index contributed by atoms with van der Waals surface area (Å²) in [5.41, 5.74) is 6.40. The lowest BCUT2D eigenvalue weighted by molar-refractivity contribution is -0.253. The van der Waals surface area contributed by atoms with E-state index in [0.717, 1.165) is 38.9 Å². The van der Waals surface area contributed by atoms with Gasteiger partial charge < -0.3 is 30.1 Å². The number of nitrogens with zero attached hydrogens (tertiary/aromatic N) is 1. The lowest BCUT2D eigenvalue weighted by Crippen LogP contribution is -2.43. The van der Waals surface area contributed by atoms with Crippen LogP contribution >= 0.6 is 0 Å². The summed E-state index contributed by atoms with van der Waals surface area (Å²) in [6.07, 6.45) is -1.36. The molecule has 252 valence electrons. The molecule has 1 heterocycles. The number of likely N-dealkylation sites (N-methyl/N-ethyl adjacent to an activating group) is 1. The second-order valence-corrected chi connectivity index (χ2v) is 12.3. The van der Waals surface area contributed by atoms with Gasteiger partial charge in [-0.25, -0.2) is 0 Å². The van der Waals surface area contributed by atoms with Crippen LogP contribution in [0.5, 0.6) is 0 Å². The van der Waals surface area contributed by atoms with Crippen LogP contribution in [0.1, 0.15) is 72.5 Å². The number of aliphatic carboxylic acids is 1. The number of benzene rings is 4. The maximum Gasteiger partial charge on any atom is 0.303 e. The molecule has 4 aromatic rings. The average molecular weight is 653 g/mol. The molecule has 4 N–H and O–H groups in total. The molecule has 5 atom stereocenters. The number of carboxylic acid groups (broad SMARTS) is 1. The van der Waals surface area contributed by atoms with Crippen molar-refractivity contribution in [2.45, 2.75) is 70.0 Å². The second-order valence-electron chi connectivity index (χ2n) is 12.3. The molecular weight excluding hydrogens is 608 g/mol. The largest absolute Gasteiger partial charge is 0.481 e. The highest BCUT2D eigenvalue weighted by atomic mass is 16.7. The van der Waals surface area contributed by atoms with Gasteiger partial charge in [0, 0.05) is 37.5 Å². The van der Waals surface area contributed by atoms with Crippen LogP contribution < -0.4 is 5.32 Å². The first-order chi connectivity index (χ1) is 23.2. The first-order valence-electron chi connectivity index (χ1n) is 16.3. The van der Waals surface area contributed by atoms with Crippen molar-refractivity contribution >= 4 is 11.9 Å². The number of aliphatic hydroxyl groups excluding tert-OH is 2. The van der Waals surface area contributed by atoms with Crippen molar-refractivity contribution in [1.82, 2.24) is 10.2 Å². The van der Waals surface area contributed by atoms with Crippen LogP contribution in [-0.4, -0.2) is 57.8 Å². The molecule has 0 bridgehead atoms. The van der Waals surface area contributed by atoms with E-state index in [-0.39, 0.29) is 50.2 Å². The highest BCUT2D eigenvalue weighted by molar-refractivity contribution is 5.80. The minimum atomic E-state index is -1.00. The number of rotatable bonds is 14. The van der Waals surface area contributed by atoms with Gasteiger partial charge >= 0.3 is 5.97 Å². The number of hydrogen-bond donors (Lipinski definition) is 4. The summed E-state index contributed by atoms with van der Waals surface area (Å²) in [6, 6.07) is 33.1. The Morgan fingerprint density at radius 1 is 0.875 bits per heavy atom. The Labute approximate surface area is 281 Å². The molecule has 0 aromatic heterocycles. The van der Waals surface area contributed by atoms with Crippen LogP contribution in [0.4, 0.5) is 0 Å². The van der Waals surface area contributed by atoms with E-state index in [2.05, 4.69) is 10.2 Å². The molecule has 48 heavy (non-hydrogen) atoms. The minimum absolute atomic E-state index is 0.0286. The predicted octanol–water partition coefficient (Wildman–Crippen LogP) is 5.93. The van der Waals surface area contributed by atoms with Crippen LogP contribution in [0.2, 0.25) is 0 Å². The van der Waals surface area contributed by atoms with E-state index < -0.39 is 18.4 Å². The molecule has 9 nitrogen and oxygen atoms in total. The van der Waals surface area contributed by atoms with E-state index in [4.69, 9.17) is 14.6 Å². The summed E-state index contributed by atoms with van der Waals surface area (Å²) in [5.74, 6) is -1.31. The zero-order valence-electron chi connectivity index (χ0n) is 27.4. The molecule has 9 heteroatoms. The smallest absolute Gasteiger partial charge is 0.303 e. The van der Waals surface area contributed by atoms with Crippen molar-refractivity contribution < 1.29 is 34.4 Å². The van der Waals surface area contributed by atoms with Crippen molar-refractivity contribution in [3.05, 3.63) is 131 Å². The van der Waals surface area contributed by atoms with Crippen molar-refractivity contribution in [2.75, 3.05) is 13.6 Å². The molecule has 5 rings (SSSR count). The molecule has 1 amide bonds. The molecule has 1 fully saturated rings. The number of hydrogen-bond acceptors (Lipinski definition) is 7. The topological polar surface area (TPSA) is 129 Å². The van der Waals surface area contributed by atoms with Gasteiger partial charge in [0.25, 0.3) is 0 Å². The average Bonchev–Trinajstić information content (AvgIpc) is 3.13. The van der Waals surface area contributed by atoms with Gasteiger partial charge in [-0.1, -0.05) is 103 Å². The Morgan fingerprint density at radius 3 is 2.23 bits per heavy atom. The first kappa shape index (κ1) is 34.9. The summed E-state index contributed by atoms with van der Waals surface area (Å²) in [6.45, 7) is 2.85. The maximum absolute atomic E-state index is 12.1. The summed E-state index contributed by atoms with van der Waals surface area (Å²) < 4.78 is 13.1. The van der Waals surface area contributed by atoms with Crippen molar-refractivity contribution in [2.24, 2.45) is 0 Å². The molecule has 5 unspecified atom stereocenters. The number of nitrogens with one attached hydrogen (secondary N) is 1. The van der Waals surface area contributed by atoms with Crippen LogP contribution in [0.25, 0.3) is 11.1 Å². The van der Waals surface area contributed by atoms with Gasteiger partial charge in [0.05, 0.1) is 31.3 Å². The predicted molar refractivity (Wildman–Crippen MR) is 183 cm³/mol. The van der Waals surface area contributed by atoms with Crippen molar-refractivity contribution in [3.8, 4) is 11.1 Å². The van der Waals surface area contributed by atoms with Crippen LogP contribution in [0.3, 0.4) is 0 Å². The number of ether oxygens (including phenoxy) is 2. The van der Waals surface area contributed by atoms with Gasteiger partial charge in [0.15, 0.2) is 6.29 Å². The summed E-state index contributed by atoms with van der Waals surface area (Å²) in [5, 5.41) is 32.3. The Hall–Kier alpha value is -4.38. The standard InChI is InChI=1S/C39H44N2O7/c1-26(38(46)30-8-4-3-5-9-30)41(2)24-33-22-35(29-14-12-27(25-42)13-15-29)48-39(47-33)31-18-16-28(17-19-31)34-11-7-6-10-32(34)23-40-36(43)20-21-37(44)45/h3-19,26,33,35,38-39,42,46H,20-25H2,1-2H3,(H,40,43)(H,44,45). The normalized spacial score (nSPS) is 19.1. The Bertz CT molecular complexity index is 1630. The molecule has 0 aliphatic carbocycles.